The van der Waals surface area contributed by atoms with Gasteiger partial charge in [-0.15, -0.1) is 0 Å². The van der Waals surface area contributed by atoms with Crippen molar-refractivity contribution in [2.45, 2.75) is 39.3 Å². The van der Waals surface area contributed by atoms with Gasteiger partial charge in [0.05, 0.1) is 18.2 Å². The fourth-order valence-corrected chi connectivity index (χ4v) is 2.43. The van der Waals surface area contributed by atoms with Crippen LogP contribution in [0.15, 0.2) is 37.1 Å². The highest BCUT2D eigenvalue weighted by Crippen LogP contribution is 2.17. The quantitative estimate of drug-likeness (QED) is 0.402. The molecule has 3 rings (SSSR count). The number of carbonyl (C=O) groups excluding carboxylic acids is 1. The Morgan fingerprint density at radius 2 is 1.92 bits per heavy atom. The predicted molar refractivity (Wildman–Crippen MR) is 92.4 cm³/mol. The van der Waals surface area contributed by atoms with E-state index in [9.17, 15) is 4.79 Å². The molecule has 3 aromatic heterocycles. The maximum atomic E-state index is 11.8. The van der Waals surface area contributed by atoms with Crippen molar-refractivity contribution in [1.82, 2.24) is 19.5 Å². The van der Waals surface area contributed by atoms with Gasteiger partial charge < -0.3 is 26.3 Å². The number of hydrogen-bond acceptors (Lipinski definition) is 5. The number of nitrogens with zero attached hydrogens (tertiary/aromatic N) is 5. The minimum atomic E-state index is -0.450. The number of halogens is 1. The average Bonchev–Trinajstić information content (AvgIpc) is 2.93. The van der Waals surface area contributed by atoms with E-state index in [-0.39, 0.29) is 23.0 Å². The molecule has 7 nitrogen and oxygen atoms in total. The Balaban J connectivity index is 0.00000243. The second-order valence-electron chi connectivity index (χ2n) is 6.92. The Bertz CT molecular complexity index is 900. The van der Waals surface area contributed by atoms with Crippen LogP contribution in [-0.2, 0) is 23.1 Å². The molecule has 0 aromatic carbocycles. The van der Waals surface area contributed by atoms with Crippen LogP contribution in [0.25, 0.3) is 22.6 Å². The van der Waals surface area contributed by atoms with E-state index >= 15 is 0 Å². The number of esters is 1. The lowest BCUT2D eigenvalue weighted by Gasteiger charge is -2.18. The molecule has 26 heavy (non-hydrogen) atoms. The second-order valence-corrected chi connectivity index (χ2v) is 6.92. The van der Waals surface area contributed by atoms with Crippen molar-refractivity contribution in [2.75, 3.05) is 0 Å². The van der Waals surface area contributed by atoms with Gasteiger partial charge in [-0.05, 0) is 20.8 Å². The van der Waals surface area contributed by atoms with E-state index in [4.69, 9.17) is 4.74 Å². The molecule has 0 unspecified atom stereocenters. The molecule has 3 aromatic rings. The van der Waals surface area contributed by atoms with Crippen LogP contribution < -0.4 is 21.5 Å². The number of rotatable bonds is 4. The third kappa shape index (κ3) is 4.85. The molecule has 0 bridgehead atoms. The van der Waals surface area contributed by atoms with Gasteiger partial charge in [-0.2, -0.15) is 0 Å². The Hall–Kier alpha value is -2.35. The van der Waals surface area contributed by atoms with E-state index in [0.29, 0.717) is 18.6 Å². The summed E-state index contributed by atoms with van der Waals surface area (Å²) in [4.78, 5) is 24.9. The van der Waals surface area contributed by atoms with Crippen molar-refractivity contribution in [2.24, 2.45) is 7.05 Å². The Kier molecular flexibility index (Phi) is 6.07. The highest BCUT2D eigenvalue weighted by molar-refractivity contribution is 5.70. The maximum Gasteiger partial charge on any atom is 0.312 e. The standard InChI is InChI=1S/C18H22N5O2.BrH/c1-18(2,3)25-15(24)7-10-23-8-5-13(6-9-23)14-11-19-16-17(21-14)22(4)12-20-16;/h5-6,8-9,11-12H,7,10H2,1-4H3;1H/q+1;/p-1. The van der Waals surface area contributed by atoms with Crippen LogP contribution in [-0.4, -0.2) is 31.1 Å². The van der Waals surface area contributed by atoms with Crippen LogP contribution in [0.4, 0.5) is 0 Å². The number of carbonyl (C=O) groups is 1. The van der Waals surface area contributed by atoms with Crippen molar-refractivity contribution in [3.8, 4) is 11.3 Å². The zero-order chi connectivity index (χ0) is 18.0. The zero-order valence-electron chi connectivity index (χ0n) is 15.3. The molecule has 0 aliphatic carbocycles. The number of aryl methyl sites for hydroxylation is 2. The van der Waals surface area contributed by atoms with Crippen molar-refractivity contribution in [1.29, 1.82) is 0 Å². The first-order chi connectivity index (χ1) is 11.8. The third-order valence-corrected chi connectivity index (χ3v) is 3.60. The summed E-state index contributed by atoms with van der Waals surface area (Å²) in [5.74, 6) is -0.198. The van der Waals surface area contributed by atoms with E-state index in [1.165, 1.54) is 0 Å². The van der Waals surface area contributed by atoms with Crippen LogP contribution in [0.3, 0.4) is 0 Å². The third-order valence-electron chi connectivity index (χ3n) is 3.60. The Morgan fingerprint density at radius 3 is 2.58 bits per heavy atom. The fourth-order valence-electron chi connectivity index (χ4n) is 2.43. The van der Waals surface area contributed by atoms with Crippen LogP contribution in [0, 0.1) is 0 Å². The van der Waals surface area contributed by atoms with Crippen LogP contribution in [0.1, 0.15) is 27.2 Å². The van der Waals surface area contributed by atoms with Crippen molar-refractivity contribution in [3.05, 3.63) is 37.1 Å². The van der Waals surface area contributed by atoms with Crippen molar-refractivity contribution in [3.63, 3.8) is 0 Å². The highest BCUT2D eigenvalue weighted by atomic mass is 79.9. The lowest BCUT2D eigenvalue weighted by Crippen LogP contribution is -3.00. The molecule has 0 atom stereocenters. The van der Waals surface area contributed by atoms with Gasteiger partial charge in [0.2, 0.25) is 0 Å². The molecule has 8 heteroatoms. The summed E-state index contributed by atoms with van der Waals surface area (Å²) in [6.45, 7) is 6.18. The number of pyridine rings is 1. The lowest BCUT2D eigenvalue weighted by atomic mass is 10.2. The molecule has 0 radical (unpaired) electrons. The molecular formula is C18H22BrN5O2. The van der Waals surface area contributed by atoms with E-state index in [1.54, 1.807) is 12.5 Å². The molecule has 0 aliphatic rings. The van der Waals surface area contributed by atoms with Gasteiger partial charge >= 0.3 is 5.97 Å². The van der Waals surface area contributed by atoms with Crippen LogP contribution in [0.2, 0.25) is 0 Å². The molecule has 0 amide bonds. The van der Waals surface area contributed by atoms with Crippen molar-refractivity contribution >= 4 is 17.3 Å². The van der Waals surface area contributed by atoms with E-state index < -0.39 is 5.60 Å². The number of fused-ring (bicyclic) bond motifs is 1. The van der Waals surface area contributed by atoms with Crippen LogP contribution >= 0.6 is 0 Å². The Morgan fingerprint density at radius 1 is 1.23 bits per heavy atom. The van der Waals surface area contributed by atoms with Gasteiger partial charge in [0.15, 0.2) is 30.2 Å². The number of ether oxygens (including phenoxy) is 1. The molecule has 0 aliphatic heterocycles. The van der Waals surface area contributed by atoms with Gasteiger partial charge in [0.1, 0.15) is 12.0 Å². The summed E-state index contributed by atoms with van der Waals surface area (Å²) < 4.78 is 9.11. The van der Waals surface area contributed by atoms with E-state index in [0.717, 1.165) is 16.9 Å². The fraction of sp³-hybridized carbons (Fsp3) is 0.389. The van der Waals surface area contributed by atoms with Gasteiger partial charge in [-0.25, -0.2) is 19.5 Å². The smallest absolute Gasteiger partial charge is 0.312 e. The summed E-state index contributed by atoms with van der Waals surface area (Å²) in [6, 6.07) is 3.92. The predicted octanol–water partition coefficient (Wildman–Crippen LogP) is -0.946. The molecule has 0 N–H and O–H groups in total. The largest absolute Gasteiger partial charge is 1.00 e. The topological polar surface area (TPSA) is 73.8 Å². The molecular weight excluding hydrogens is 398 g/mol. The van der Waals surface area contributed by atoms with Gasteiger partial charge in [-0.3, -0.25) is 4.79 Å². The lowest BCUT2D eigenvalue weighted by molar-refractivity contribution is -0.695. The number of aromatic nitrogens is 5. The number of imidazole rings is 1. The normalized spacial score (nSPS) is 11.2. The first kappa shape index (κ1) is 20.0. The summed E-state index contributed by atoms with van der Waals surface area (Å²) in [7, 11) is 1.89. The van der Waals surface area contributed by atoms with Crippen molar-refractivity contribution < 1.29 is 31.1 Å². The molecule has 0 saturated carbocycles. The summed E-state index contributed by atoms with van der Waals surface area (Å²) >= 11 is 0. The average molecular weight is 420 g/mol. The maximum absolute atomic E-state index is 11.8. The zero-order valence-corrected chi connectivity index (χ0v) is 16.9. The molecule has 138 valence electrons. The first-order valence-electron chi connectivity index (χ1n) is 8.17. The van der Waals surface area contributed by atoms with Gasteiger partial charge in [0, 0.05) is 24.7 Å². The Labute approximate surface area is 162 Å². The first-order valence-corrected chi connectivity index (χ1v) is 8.17. The summed E-state index contributed by atoms with van der Waals surface area (Å²) in [5, 5.41) is 0. The number of hydrogen-bond donors (Lipinski definition) is 0. The van der Waals surface area contributed by atoms with Gasteiger partial charge in [0.25, 0.3) is 0 Å². The minimum absolute atomic E-state index is 0. The molecule has 0 spiro atoms. The molecule has 0 fully saturated rings. The summed E-state index contributed by atoms with van der Waals surface area (Å²) in [6.07, 6.45) is 7.60. The highest BCUT2D eigenvalue weighted by Gasteiger charge is 2.17. The van der Waals surface area contributed by atoms with E-state index in [2.05, 4.69) is 15.0 Å². The van der Waals surface area contributed by atoms with Crippen LogP contribution in [0.5, 0.6) is 0 Å². The summed E-state index contributed by atoms with van der Waals surface area (Å²) in [5.41, 5.74) is 2.68. The minimum Gasteiger partial charge on any atom is -1.00 e. The van der Waals surface area contributed by atoms with E-state index in [1.807, 2.05) is 61.5 Å². The monoisotopic (exact) mass is 419 g/mol. The van der Waals surface area contributed by atoms with Gasteiger partial charge in [-0.1, -0.05) is 0 Å². The molecule has 3 heterocycles. The second kappa shape index (κ2) is 7.90. The molecule has 0 saturated heterocycles. The SMILES string of the molecule is Cn1cnc2ncc(-c3cc[n+](CCC(=O)OC(C)(C)C)cc3)nc21.[Br-].